The Hall–Kier alpha value is -1.40. The summed E-state index contributed by atoms with van der Waals surface area (Å²) in [6, 6.07) is 0. The van der Waals surface area contributed by atoms with Crippen molar-refractivity contribution in [1.82, 2.24) is 0 Å². The lowest BCUT2D eigenvalue weighted by atomic mass is 9.65. The van der Waals surface area contributed by atoms with Crippen LogP contribution >= 0.6 is 11.3 Å². The third-order valence-electron chi connectivity index (χ3n) is 6.49. The van der Waals surface area contributed by atoms with Gasteiger partial charge in [-0.3, -0.25) is 4.79 Å². The van der Waals surface area contributed by atoms with Gasteiger partial charge in [-0.15, -0.1) is 11.3 Å². The Morgan fingerprint density at radius 3 is 2.62 bits per heavy atom. The van der Waals surface area contributed by atoms with Crippen molar-refractivity contribution in [3.05, 3.63) is 16.0 Å². The average Bonchev–Trinajstić information content (AvgIpc) is 2.98. The van der Waals surface area contributed by atoms with Gasteiger partial charge in [0, 0.05) is 4.88 Å². The van der Waals surface area contributed by atoms with Gasteiger partial charge in [0.05, 0.1) is 24.2 Å². The molecule has 2 unspecified atom stereocenters. The lowest BCUT2D eigenvalue weighted by Crippen LogP contribution is -2.43. The summed E-state index contributed by atoms with van der Waals surface area (Å²) in [6.45, 7) is 9.41. The van der Waals surface area contributed by atoms with Crippen LogP contribution in [0.25, 0.3) is 0 Å². The first-order valence-corrected chi connectivity index (χ1v) is 9.27. The number of carbonyl (C=O) groups is 2. The molecule has 0 radical (unpaired) electrons. The van der Waals surface area contributed by atoms with Crippen molar-refractivity contribution in [2.45, 2.75) is 53.6 Å². The SMILES string of the molecule is CC1CCC(C)(C(=O)Nc2sc3c(c2C(=O)O)CCOC3)C1(C)C. The smallest absolute Gasteiger partial charge is 0.339 e. The summed E-state index contributed by atoms with van der Waals surface area (Å²) in [4.78, 5) is 25.7. The predicted octanol–water partition coefficient (Wildman–Crippen LogP) is 3.92. The Morgan fingerprint density at radius 2 is 2.04 bits per heavy atom. The lowest BCUT2D eigenvalue weighted by molar-refractivity contribution is -0.130. The second-order valence-electron chi connectivity index (χ2n) is 7.76. The quantitative estimate of drug-likeness (QED) is 0.865. The first-order valence-electron chi connectivity index (χ1n) is 8.45. The highest BCUT2D eigenvalue weighted by Crippen LogP contribution is 2.56. The first-order chi connectivity index (χ1) is 11.2. The van der Waals surface area contributed by atoms with Gasteiger partial charge in [-0.25, -0.2) is 4.79 Å². The van der Waals surface area contributed by atoms with Crippen molar-refractivity contribution >= 4 is 28.2 Å². The molecule has 6 heteroatoms. The molecular weight excluding hydrogens is 326 g/mol. The van der Waals surface area contributed by atoms with Gasteiger partial charge < -0.3 is 15.2 Å². The summed E-state index contributed by atoms with van der Waals surface area (Å²) in [6.07, 6.45) is 2.42. The van der Waals surface area contributed by atoms with E-state index in [1.807, 2.05) is 6.92 Å². The second kappa shape index (κ2) is 5.85. The molecule has 1 amide bonds. The normalized spacial score (nSPS) is 28.4. The van der Waals surface area contributed by atoms with Crippen LogP contribution in [0.3, 0.4) is 0 Å². The summed E-state index contributed by atoms with van der Waals surface area (Å²) in [5, 5.41) is 13.0. The molecule has 0 spiro atoms. The second-order valence-corrected chi connectivity index (χ2v) is 8.87. The number of hydrogen-bond acceptors (Lipinski definition) is 4. The van der Waals surface area contributed by atoms with Gasteiger partial charge in [0.25, 0.3) is 0 Å². The summed E-state index contributed by atoms with van der Waals surface area (Å²) >= 11 is 1.34. The highest BCUT2D eigenvalue weighted by Gasteiger charge is 2.54. The minimum absolute atomic E-state index is 0.0705. The fraction of sp³-hybridized carbons (Fsp3) is 0.667. The number of carboxylic acids is 1. The van der Waals surface area contributed by atoms with Crippen LogP contribution < -0.4 is 5.32 Å². The molecule has 1 aliphatic carbocycles. The summed E-state index contributed by atoms with van der Waals surface area (Å²) in [5.41, 5.74) is 0.446. The summed E-state index contributed by atoms with van der Waals surface area (Å²) in [7, 11) is 0. The molecule has 24 heavy (non-hydrogen) atoms. The van der Waals surface area contributed by atoms with Gasteiger partial charge >= 0.3 is 5.97 Å². The van der Waals surface area contributed by atoms with E-state index < -0.39 is 11.4 Å². The maximum absolute atomic E-state index is 13.1. The topological polar surface area (TPSA) is 75.6 Å². The van der Waals surface area contributed by atoms with Crippen molar-refractivity contribution < 1.29 is 19.4 Å². The molecule has 2 aliphatic rings. The highest BCUT2D eigenvalue weighted by atomic mass is 32.1. The fourth-order valence-electron chi connectivity index (χ4n) is 3.93. The van der Waals surface area contributed by atoms with E-state index in [-0.39, 0.29) is 16.9 Å². The zero-order valence-corrected chi connectivity index (χ0v) is 15.5. The maximum atomic E-state index is 13.1. The van der Waals surface area contributed by atoms with E-state index in [1.54, 1.807) is 0 Å². The number of aromatic carboxylic acids is 1. The molecular formula is C18H25NO4S. The summed E-state index contributed by atoms with van der Waals surface area (Å²) < 4.78 is 5.42. The number of carbonyl (C=O) groups excluding carboxylic acids is 1. The maximum Gasteiger partial charge on any atom is 0.339 e. The van der Waals surface area contributed by atoms with Gasteiger partial charge in [-0.05, 0) is 36.2 Å². The fourth-order valence-corrected chi connectivity index (χ4v) is 5.10. The van der Waals surface area contributed by atoms with Crippen LogP contribution in [0.5, 0.6) is 0 Å². The molecule has 2 atom stereocenters. The van der Waals surface area contributed by atoms with Crippen LogP contribution in [-0.2, 0) is 22.6 Å². The minimum Gasteiger partial charge on any atom is -0.478 e. The zero-order chi connectivity index (χ0) is 17.7. The Morgan fingerprint density at radius 1 is 1.33 bits per heavy atom. The van der Waals surface area contributed by atoms with E-state index in [2.05, 4.69) is 26.1 Å². The van der Waals surface area contributed by atoms with Crippen LogP contribution in [0.1, 0.15) is 61.3 Å². The third kappa shape index (κ3) is 2.47. The van der Waals surface area contributed by atoms with E-state index >= 15 is 0 Å². The molecule has 0 bridgehead atoms. The number of carboxylic acid groups (broad SMARTS) is 1. The number of fused-ring (bicyclic) bond motifs is 1. The molecule has 1 aromatic heterocycles. The van der Waals surface area contributed by atoms with Gasteiger partial charge in [0.2, 0.25) is 5.91 Å². The first kappa shape index (κ1) is 17.4. The van der Waals surface area contributed by atoms with E-state index in [1.165, 1.54) is 11.3 Å². The molecule has 2 N–H and O–H groups in total. The van der Waals surface area contributed by atoms with Gasteiger partial charge in [-0.2, -0.15) is 0 Å². The average molecular weight is 351 g/mol. The number of amides is 1. The number of thiophene rings is 1. The molecule has 2 heterocycles. The van der Waals surface area contributed by atoms with E-state index in [9.17, 15) is 14.7 Å². The summed E-state index contributed by atoms with van der Waals surface area (Å²) in [5.74, 6) is -0.593. The molecule has 1 aromatic rings. The highest BCUT2D eigenvalue weighted by molar-refractivity contribution is 7.17. The third-order valence-corrected chi connectivity index (χ3v) is 7.61. The van der Waals surface area contributed by atoms with Crippen LogP contribution in [0.15, 0.2) is 0 Å². The molecule has 0 saturated heterocycles. The number of rotatable bonds is 3. The van der Waals surface area contributed by atoms with Crippen LogP contribution in [-0.4, -0.2) is 23.6 Å². The lowest BCUT2D eigenvalue weighted by Gasteiger charge is -2.39. The Bertz CT molecular complexity index is 693. The number of ether oxygens (including phenoxy) is 1. The van der Waals surface area contributed by atoms with Crippen molar-refractivity contribution in [3.8, 4) is 0 Å². The molecule has 1 fully saturated rings. The van der Waals surface area contributed by atoms with Gasteiger partial charge in [0.1, 0.15) is 5.00 Å². The predicted molar refractivity (Wildman–Crippen MR) is 93.6 cm³/mol. The number of nitrogens with one attached hydrogen (secondary N) is 1. The molecule has 0 aromatic carbocycles. The molecule has 5 nitrogen and oxygen atoms in total. The largest absolute Gasteiger partial charge is 0.478 e. The van der Waals surface area contributed by atoms with Crippen LogP contribution in [0, 0.1) is 16.7 Å². The molecule has 1 saturated carbocycles. The zero-order valence-electron chi connectivity index (χ0n) is 14.7. The van der Waals surface area contributed by atoms with Crippen molar-refractivity contribution in [1.29, 1.82) is 0 Å². The van der Waals surface area contributed by atoms with E-state index in [0.717, 1.165) is 23.3 Å². The number of anilines is 1. The van der Waals surface area contributed by atoms with Gasteiger partial charge in [0.15, 0.2) is 0 Å². The minimum atomic E-state index is -0.978. The van der Waals surface area contributed by atoms with Crippen LogP contribution in [0.4, 0.5) is 5.00 Å². The molecule has 3 rings (SSSR count). The van der Waals surface area contributed by atoms with Gasteiger partial charge in [-0.1, -0.05) is 27.7 Å². The number of hydrogen-bond donors (Lipinski definition) is 2. The van der Waals surface area contributed by atoms with Crippen molar-refractivity contribution in [3.63, 3.8) is 0 Å². The van der Waals surface area contributed by atoms with Crippen molar-refractivity contribution in [2.75, 3.05) is 11.9 Å². The van der Waals surface area contributed by atoms with E-state index in [4.69, 9.17) is 4.74 Å². The van der Waals surface area contributed by atoms with E-state index in [0.29, 0.717) is 30.6 Å². The Kier molecular flexibility index (Phi) is 4.24. The molecule has 132 valence electrons. The van der Waals surface area contributed by atoms with Crippen LogP contribution in [0.2, 0.25) is 0 Å². The Balaban J connectivity index is 1.93. The Labute approximate surface area is 146 Å². The standard InChI is InChI=1S/C18H25NO4S/c1-10-5-7-18(4,17(10,2)3)16(22)19-14-13(15(20)21)11-6-8-23-9-12(11)24-14/h10H,5-9H2,1-4H3,(H,19,22)(H,20,21). The molecule has 1 aliphatic heterocycles. The van der Waals surface area contributed by atoms with Crippen molar-refractivity contribution in [2.24, 2.45) is 16.7 Å². The monoisotopic (exact) mass is 351 g/mol.